The van der Waals surface area contributed by atoms with Crippen molar-refractivity contribution in [2.24, 2.45) is 0 Å². The maximum atomic E-state index is 12.6. The Hall–Kier alpha value is -3.29. The molecule has 0 aliphatic carbocycles. The van der Waals surface area contributed by atoms with Crippen LogP contribution in [0, 0.1) is 6.92 Å². The molecule has 2 aliphatic rings. The predicted molar refractivity (Wildman–Crippen MR) is 111 cm³/mol. The number of ether oxygens (including phenoxy) is 2. The molecule has 1 amide bonds. The minimum atomic E-state index is 0.00882. The van der Waals surface area contributed by atoms with Crippen molar-refractivity contribution in [2.75, 3.05) is 49.7 Å². The minimum Gasteiger partial charge on any atom is -0.454 e. The van der Waals surface area contributed by atoms with Gasteiger partial charge in [0.1, 0.15) is 17.5 Å². The number of nitrogens with zero attached hydrogens (tertiary/aromatic N) is 4. The molecule has 152 valence electrons. The third-order valence-corrected chi connectivity index (χ3v) is 4.91. The molecule has 2 aromatic rings. The van der Waals surface area contributed by atoms with Crippen molar-refractivity contribution in [2.45, 2.75) is 13.8 Å². The van der Waals surface area contributed by atoms with E-state index in [-0.39, 0.29) is 12.7 Å². The van der Waals surface area contributed by atoms with Gasteiger partial charge in [-0.1, -0.05) is 6.07 Å². The van der Waals surface area contributed by atoms with Gasteiger partial charge in [-0.15, -0.1) is 0 Å². The van der Waals surface area contributed by atoms with E-state index in [9.17, 15) is 4.79 Å². The van der Waals surface area contributed by atoms with Crippen LogP contribution >= 0.6 is 0 Å². The Morgan fingerprint density at radius 3 is 2.72 bits per heavy atom. The molecule has 0 unspecified atom stereocenters. The third-order valence-electron chi connectivity index (χ3n) is 4.91. The maximum absolute atomic E-state index is 12.6. The zero-order valence-electron chi connectivity index (χ0n) is 16.7. The molecule has 2 aliphatic heterocycles. The lowest BCUT2D eigenvalue weighted by Gasteiger charge is -2.35. The van der Waals surface area contributed by atoms with Gasteiger partial charge in [0.05, 0.1) is 0 Å². The van der Waals surface area contributed by atoms with Crippen molar-refractivity contribution in [3.8, 4) is 11.5 Å². The number of carbonyl (C=O) groups is 1. The largest absolute Gasteiger partial charge is 0.454 e. The number of rotatable bonds is 5. The number of carbonyl (C=O) groups excluding carboxylic acids is 1. The Labute approximate surface area is 170 Å². The van der Waals surface area contributed by atoms with Crippen molar-refractivity contribution in [1.29, 1.82) is 0 Å². The van der Waals surface area contributed by atoms with E-state index in [1.807, 2.05) is 49.1 Å². The Kier molecular flexibility index (Phi) is 5.50. The summed E-state index contributed by atoms with van der Waals surface area (Å²) in [5, 5.41) is 3.23. The van der Waals surface area contributed by atoms with Gasteiger partial charge in [-0.2, -0.15) is 0 Å². The van der Waals surface area contributed by atoms with E-state index >= 15 is 0 Å². The smallest absolute Gasteiger partial charge is 0.246 e. The van der Waals surface area contributed by atoms with Crippen LogP contribution in [0.25, 0.3) is 6.08 Å². The first-order valence-electron chi connectivity index (χ1n) is 9.83. The topological polar surface area (TPSA) is 79.8 Å². The van der Waals surface area contributed by atoms with Crippen LogP contribution in [0.3, 0.4) is 0 Å². The van der Waals surface area contributed by atoms with Gasteiger partial charge >= 0.3 is 0 Å². The zero-order valence-corrected chi connectivity index (χ0v) is 16.7. The van der Waals surface area contributed by atoms with Crippen LogP contribution in [0.1, 0.15) is 18.3 Å². The Bertz CT molecular complexity index is 923. The van der Waals surface area contributed by atoms with E-state index in [0.717, 1.165) is 48.4 Å². The van der Waals surface area contributed by atoms with Gasteiger partial charge in [-0.3, -0.25) is 4.79 Å². The van der Waals surface area contributed by atoms with Crippen molar-refractivity contribution < 1.29 is 14.3 Å². The molecule has 3 heterocycles. The molecule has 0 atom stereocenters. The van der Waals surface area contributed by atoms with E-state index in [0.29, 0.717) is 18.8 Å². The summed E-state index contributed by atoms with van der Waals surface area (Å²) in [6.07, 6.45) is 3.43. The Morgan fingerprint density at radius 2 is 1.93 bits per heavy atom. The maximum Gasteiger partial charge on any atom is 0.246 e. The number of aryl methyl sites for hydroxylation is 1. The molecule has 0 spiro atoms. The monoisotopic (exact) mass is 395 g/mol. The quantitative estimate of drug-likeness (QED) is 0.778. The fourth-order valence-corrected chi connectivity index (χ4v) is 3.43. The van der Waals surface area contributed by atoms with Crippen LogP contribution in [0.2, 0.25) is 0 Å². The number of aromatic nitrogens is 2. The standard InChI is InChI=1S/C21H25N5O3/c1-3-22-19-13-20(24-15(2)23-19)25-8-10-26(11-9-25)21(27)7-5-16-4-6-17-18(12-16)29-14-28-17/h4-7,12-13H,3,8-11,14H2,1-2H3,(H,22,23,24)/b7-5+. The summed E-state index contributed by atoms with van der Waals surface area (Å²) in [4.78, 5) is 25.6. The second-order valence-electron chi connectivity index (χ2n) is 6.95. The lowest BCUT2D eigenvalue weighted by Crippen LogP contribution is -2.48. The molecule has 8 nitrogen and oxygen atoms in total. The number of anilines is 2. The number of benzene rings is 1. The molecule has 0 saturated carbocycles. The first kappa shape index (κ1) is 19.0. The summed E-state index contributed by atoms with van der Waals surface area (Å²) >= 11 is 0. The third kappa shape index (κ3) is 4.42. The average molecular weight is 395 g/mol. The van der Waals surface area contributed by atoms with Crippen LogP contribution in [-0.2, 0) is 4.79 Å². The second kappa shape index (κ2) is 8.38. The van der Waals surface area contributed by atoms with Crippen LogP contribution < -0.4 is 19.7 Å². The summed E-state index contributed by atoms with van der Waals surface area (Å²) in [6.45, 7) is 7.79. The molecular formula is C21H25N5O3. The normalized spacial score (nSPS) is 15.8. The van der Waals surface area contributed by atoms with E-state index in [1.165, 1.54) is 0 Å². The highest BCUT2D eigenvalue weighted by Gasteiger charge is 2.21. The van der Waals surface area contributed by atoms with Gasteiger partial charge in [0.15, 0.2) is 11.5 Å². The molecule has 1 N–H and O–H groups in total. The summed E-state index contributed by atoms with van der Waals surface area (Å²) in [5.41, 5.74) is 0.911. The van der Waals surface area contributed by atoms with E-state index < -0.39 is 0 Å². The molecule has 1 fully saturated rings. The summed E-state index contributed by atoms with van der Waals surface area (Å²) in [7, 11) is 0. The minimum absolute atomic E-state index is 0.00882. The number of piperazine rings is 1. The van der Waals surface area contributed by atoms with Gasteiger partial charge in [-0.05, 0) is 37.6 Å². The number of amides is 1. The Morgan fingerprint density at radius 1 is 1.14 bits per heavy atom. The van der Waals surface area contributed by atoms with Crippen molar-refractivity contribution >= 4 is 23.6 Å². The molecule has 4 rings (SSSR count). The molecular weight excluding hydrogens is 370 g/mol. The molecule has 1 aromatic carbocycles. The summed E-state index contributed by atoms with van der Waals surface area (Å²) in [5.74, 6) is 3.93. The highest BCUT2D eigenvalue weighted by atomic mass is 16.7. The Balaban J connectivity index is 1.35. The number of hydrogen-bond donors (Lipinski definition) is 1. The number of hydrogen-bond acceptors (Lipinski definition) is 7. The number of fused-ring (bicyclic) bond motifs is 1. The SMILES string of the molecule is CCNc1cc(N2CCN(C(=O)/C=C/c3ccc4c(c3)OCO4)CC2)nc(C)n1. The van der Waals surface area contributed by atoms with Crippen LogP contribution in [0.4, 0.5) is 11.6 Å². The van der Waals surface area contributed by atoms with Gasteiger partial charge in [0.25, 0.3) is 0 Å². The number of nitrogens with one attached hydrogen (secondary N) is 1. The summed E-state index contributed by atoms with van der Waals surface area (Å²) < 4.78 is 10.7. The van der Waals surface area contributed by atoms with Gasteiger partial charge in [-0.25, -0.2) is 9.97 Å². The fraction of sp³-hybridized carbons (Fsp3) is 0.381. The first-order chi connectivity index (χ1) is 14.1. The molecule has 0 radical (unpaired) electrons. The van der Waals surface area contributed by atoms with E-state index in [1.54, 1.807) is 6.08 Å². The van der Waals surface area contributed by atoms with Gasteiger partial charge in [0.2, 0.25) is 12.7 Å². The fourth-order valence-electron chi connectivity index (χ4n) is 3.43. The van der Waals surface area contributed by atoms with Crippen molar-refractivity contribution in [3.05, 3.63) is 41.7 Å². The van der Waals surface area contributed by atoms with E-state index in [2.05, 4.69) is 20.2 Å². The van der Waals surface area contributed by atoms with Crippen LogP contribution in [0.5, 0.6) is 11.5 Å². The van der Waals surface area contributed by atoms with Crippen molar-refractivity contribution in [3.63, 3.8) is 0 Å². The lowest BCUT2D eigenvalue weighted by molar-refractivity contribution is -0.126. The highest BCUT2D eigenvalue weighted by molar-refractivity contribution is 5.92. The molecule has 0 bridgehead atoms. The van der Waals surface area contributed by atoms with Gasteiger partial charge < -0.3 is 24.6 Å². The second-order valence-corrected chi connectivity index (χ2v) is 6.95. The predicted octanol–water partition coefficient (Wildman–Crippen LogP) is 2.31. The lowest BCUT2D eigenvalue weighted by atomic mass is 10.2. The molecule has 29 heavy (non-hydrogen) atoms. The highest BCUT2D eigenvalue weighted by Crippen LogP contribution is 2.32. The molecule has 1 saturated heterocycles. The summed E-state index contributed by atoms with van der Waals surface area (Å²) in [6, 6.07) is 7.61. The molecule has 8 heteroatoms. The van der Waals surface area contributed by atoms with E-state index in [4.69, 9.17) is 9.47 Å². The first-order valence-corrected chi connectivity index (χ1v) is 9.83. The zero-order chi connectivity index (χ0) is 20.2. The van der Waals surface area contributed by atoms with Crippen LogP contribution in [0.15, 0.2) is 30.3 Å². The average Bonchev–Trinajstić information content (AvgIpc) is 3.20. The molecule has 1 aromatic heterocycles. The van der Waals surface area contributed by atoms with Gasteiger partial charge in [0, 0.05) is 44.9 Å². The van der Waals surface area contributed by atoms with Crippen LogP contribution in [-0.4, -0.2) is 60.3 Å². The van der Waals surface area contributed by atoms with Crippen molar-refractivity contribution in [1.82, 2.24) is 14.9 Å².